The molecule has 5 N–H and O–H groups in total. The van der Waals surface area contributed by atoms with E-state index in [-0.39, 0.29) is 36.9 Å². The Kier molecular flexibility index (Phi) is 30.9. The maximum Gasteiger partial charge on any atom is 0.472 e. The summed E-state index contributed by atoms with van der Waals surface area (Å²) in [6, 6.07) is 0. The van der Waals surface area contributed by atoms with Gasteiger partial charge in [0.2, 0.25) is 0 Å². The second-order valence-corrected chi connectivity index (χ2v) is 17.8. The van der Waals surface area contributed by atoms with Crippen molar-refractivity contribution in [3.05, 3.63) is 12.2 Å². The number of ether oxygens (including phenoxy) is 2. The number of esters is 2. The van der Waals surface area contributed by atoms with E-state index in [1.807, 2.05) is 0 Å². The Balaban J connectivity index is 2.43. The van der Waals surface area contributed by atoms with Crippen molar-refractivity contribution >= 4 is 25.5 Å². The van der Waals surface area contributed by atoms with Crippen molar-refractivity contribution in [2.75, 3.05) is 26.4 Å². The molecule has 0 aromatic heterocycles. The molecule has 0 radical (unpaired) electrons. The maximum absolute atomic E-state index is 12.6. The van der Waals surface area contributed by atoms with Gasteiger partial charge in [-0.1, -0.05) is 142 Å². The summed E-state index contributed by atoms with van der Waals surface area (Å²) in [6.45, 7) is 4.32. The third kappa shape index (κ3) is 28.4. The van der Waals surface area contributed by atoms with E-state index in [4.69, 9.17) is 19.1 Å². The second-order valence-electron chi connectivity index (χ2n) is 16.3. The van der Waals surface area contributed by atoms with Crippen LogP contribution in [0.2, 0.25) is 0 Å². The first-order chi connectivity index (χ1) is 27.3. The summed E-state index contributed by atoms with van der Waals surface area (Å²) in [5, 5.41) is 39.1. The van der Waals surface area contributed by atoms with Crippen LogP contribution in [0.3, 0.4) is 0 Å². The molecule has 1 aliphatic rings. The molecule has 7 atom stereocenters. The number of unbranched alkanes of at least 4 members (excludes halogenated alkanes) is 15. The van der Waals surface area contributed by atoms with Crippen molar-refractivity contribution < 1.29 is 62.8 Å². The van der Waals surface area contributed by atoms with Crippen molar-refractivity contribution in [2.45, 2.75) is 199 Å². The van der Waals surface area contributed by atoms with E-state index in [1.54, 1.807) is 12.2 Å². The molecule has 0 amide bonds. The Bertz CT molecular complexity index is 1130. The van der Waals surface area contributed by atoms with Crippen LogP contribution in [0.5, 0.6) is 0 Å². The molecule has 0 spiro atoms. The number of Topliss-reactive ketones (excluding diaryl/α,β-unsaturated/α-hetero) is 1. The monoisotopic (exact) mass is 835 g/mol. The van der Waals surface area contributed by atoms with Gasteiger partial charge in [0.15, 0.2) is 6.10 Å². The molecule has 1 fully saturated rings. The van der Waals surface area contributed by atoms with Crippen LogP contribution in [-0.4, -0.2) is 93.9 Å². The van der Waals surface area contributed by atoms with Gasteiger partial charge in [0.1, 0.15) is 18.5 Å². The highest BCUT2D eigenvalue weighted by Gasteiger charge is 2.39. The molecule has 1 unspecified atom stereocenters. The summed E-state index contributed by atoms with van der Waals surface area (Å²) in [7, 11) is -4.67. The number of aliphatic hydroxyl groups excluding tert-OH is 4. The van der Waals surface area contributed by atoms with E-state index in [1.165, 1.54) is 51.4 Å². The molecule has 0 aromatic carbocycles. The molecule has 1 saturated carbocycles. The summed E-state index contributed by atoms with van der Waals surface area (Å²) in [4.78, 5) is 47.7. The average molecular weight is 835 g/mol. The maximum atomic E-state index is 12.6. The standard InChI is InChI=1S/C43H79O13P/c1-4-5-17-23-35(45)27-28-39-38(40(47)29-41(39)48)24-19-15-16-20-25-42(49)53-32-37(33-55-57(51,52)54-31-36(46)30-44)56-43(50)26-21-14-12-10-8-6-7-9-11-13-18-22-34(2)3/h27-28,34-39,41,44-46,48H,4-26,29-33H2,1-3H3,(H,51,52)/b28-27+/t35-,36-,37+,38+,39+,41+/m0/s1. The molecule has 1 rings (SSSR count). The van der Waals surface area contributed by atoms with Gasteiger partial charge in [0.05, 0.1) is 32.0 Å². The Morgan fingerprint density at radius 2 is 1.32 bits per heavy atom. The number of carbonyl (C=O) groups excluding carboxylic acids is 3. The Labute approximate surface area is 343 Å². The minimum atomic E-state index is -4.67. The minimum Gasteiger partial charge on any atom is -0.462 e. The first-order valence-electron chi connectivity index (χ1n) is 22.1. The molecular weight excluding hydrogens is 755 g/mol. The highest BCUT2D eigenvalue weighted by atomic mass is 31.2. The topological polar surface area (TPSA) is 206 Å². The van der Waals surface area contributed by atoms with Gasteiger partial charge in [0, 0.05) is 31.1 Å². The number of aliphatic hydroxyl groups is 4. The first kappa shape index (κ1) is 53.3. The normalized spacial score (nSPS) is 19.9. The predicted molar refractivity (Wildman–Crippen MR) is 220 cm³/mol. The Morgan fingerprint density at radius 1 is 0.772 bits per heavy atom. The van der Waals surface area contributed by atoms with Gasteiger partial charge < -0.3 is 34.8 Å². The number of hydrogen-bond donors (Lipinski definition) is 5. The van der Waals surface area contributed by atoms with E-state index in [2.05, 4.69) is 25.3 Å². The highest BCUT2D eigenvalue weighted by molar-refractivity contribution is 7.47. The van der Waals surface area contributed by atoms with Crippen LogP contribution < -0.4 is 0 Å². The number of phosphoric ester groups is 1. The minimum absolute atomic E-state index is 0.0337. The van der Waals surface area contributed by atoms with Crippen LogP contribution in [0.25, 0.3) is 0 Å². The molecule has 1 aliphatic carbocycles. The van der Waals surface area contributed by atoms with E-state index in [0.717, 1.165) is 57.3 Å². The van der Waals surface area contributed by atoms with Crippen LogP contribution in [0.15, 0.2) is 12.2 Å². The second kappa shape index (κ2) is 33.1. The lowest BCUT2D eigenvalue weighted by Gasteiger charge is -2.20. The van der Waals surface area contributed by atoms with Crippen LogP contribution >= 0.6 is 7.82 Å². The smallest absolute Gasteiger partial charge is 0.462 e. The van der Waals surface area contributed by atoms with Gasteiger partial charge in [0.25, 0.3) is 0 Å². The van der Waals surface area contributed by atoms with Crippen LogP contribution in [-0.2, 0) is 37.5 Å². The molecule has 0 heterocycles. The SMILES string of the molecule is CCCCC[C@H](O)/C=C/[C@H]1[C@H](O)CC(=O)[C@@H]1CCCCCCC(=O)OC[C@H](COP(=O)(O)OC[C@@H](O)CO)OC(=O)CCCCCCCCCCCCCC(C)C. The largest absolute Gasteiger partial charge is 0.472 e. The van der Waals surface area contributed by atoms with Gasteiger partial charge in [-0.05, 0) is 31.6 Å². The molecule has 334 valence electrons. The molecule has 0 aromatic rings. The van der Waals surface area contributed by atoms with Gasteiger partial charge in [-0.15, -0.1) is 0 Å². The number of carbonyl (C=O) groups is 3. The first-order valence-corrected chi connectivity index (χ1v) is 23.6. The predicted octanol–water partition coefficient (Wildman–Crippen LogP) is 8.06. The van der Waals surface area contributed by atoms with E-state index in [0.29, 0.717) is 32.1 Å². The fourth-order valence-corrected chi connectivity index (χ4v) is 7.80. The Morgan fingerprint density at radius 3 is 1.91 bits per heavy atom. The molecule has 0 bridgehead atoms. The van der Waals surface area contributed by atoms with E-state index >= 15 is 0 Å². The third-order valence-electron chi connectivity index (χ3n) is 10.5. The summed E-state index contributed by atoms with van der Waals surface area (Å²) in [6.07, 6.45) is 20.9. The third-order valence-corrected chi connectivity index (χ3v) is 11.4. The van der Waals surface area contributed by atoms with Crippen molar-refractivity contribution in [1.82, 2.24) is 0 Å². The van der Waals surface area contributed by atoms with Crippen molar-refractivity contribution in [2.24, 2.45) is 17.8 Å². The van der Waals surface area contributed by atoms with Crippen LogP contribution in [0, 0.1) is 17.8 Å². The lowest BCUT2D eigenvalue weighted by atomic mass is 9.88. The fraction of sp³-hybridized carbons (Fsp3) is 0.884. The zero-order valence-corrected chi connectivity index (χ0v) is 36.3. The number of phosphoric acid groups is 1. The van der Waals surface area contributed by atoms with Gasteiger partial charge in [-0.25, -0.2) is 4.57 Å². The van der Waals surface area contributed by atoms with Crippen LogP contribution in [0.4, 0.5) is 0 Å². The summed E-state index contributed by atoms with van der Waals surface area (Å²) >= 11 is 0. The molecule has 13 nitrogen and oxygen atoms in total. The molecule has 14 heteroatoms. The zero-order chi connectivity index (χ0) is 42.3. The number of hydrogen-bond acceptors (Lipinski definition) is 12. The van der Waals surface area contributed by atoms with Gasteiger partial charge in [-0.3, -0.25) is 23.4 Å². The van der Waals surface area contributed by atoms with Gasteiger partial charge in [-0.2, -0.15) is 0 Å². The molecule has 0 saturated heterocycles. The molecule has 57 heavy (non-hydrogen) atoms. The van der Waals surface area contributed by atoms with Gasteiger partial charge >= 0.3 is 19.8 Å². The fourth-order valence-electron chi connectivity index (χ4n) is 7.02. The lowest BCUT2D eigenvalue weighted by molar-refractivity contribution is -0.161. The highest BCUT2D eigenvalue weighted by Crippen LogP contribution is 2.43. The lowest BCUT2D eigenvalue weighted by Crippen LogP contribution is -2.29. The van der Waals surface area contributed by atoms with Crippen molar-refractivity contribution in [1.29, 1.82) is 0 Å². The zero-order valence-electron chi connectivity index (χ0n) is 35.4. The number of rotatable bonds is 37. The number of ketones is 1. The summed E-state index contributed by atoms with van der Waals surface area (Å²) in [5.74, 6) is -0.867. The van der Waals surface area contributed by atoms with Crippen molar-refractivity contribution in [3.8, 4) is 0 Å². The summed E-state index contributed by atoms with van der Waals surface area (Å²) < 4.78 is 32.7. The summed E-state index contributed by atoms with van der Waals surface area (Å²) in [5.41, 5.74) is 0. The van der Waals surface area contributed by atoms with Crippen LogP contribution in [0.1, 0.15) is 175 Å². The quantitative estimate of drug-likeness (QED) is 0.0174. The average Bonchev–Trinajstić information content (AvgIpc) is 3.44. The van der Waals surface area contributed by atoms with Crippen molar-refractivity contribution in [3.63, 3.8) is 0 Å². The van der Waals surface area contributed by atoms with E-state index in [9.17, 15) is 39.2 Å². The Hall–Kier alpha value is -1.70. The van der Waals surface area contributed by atoms with E-state index < -0.39 is 70.6 Å². The molecular formula is C43H79O13P. The molecule has 0 aliphatic heterocycles.